The Hall–Kier alpha value is -0.220. The largest absolute Gasteiger partial charge is 0.460 e. The summed E-state index contributed by atoms with van der Waals surface area (Å²) in [4.78, 5) is 14.0. The first-order valence-electron chi connectivity index (χ1n) is 6.37. The molecular formula is C13H25NO2S. The Labute approximate surface area is 109 Å². The first kappa shape index (κ1) is 14.8. The number of carbonyl (C=O) groups is 1. The molecule has 0 aromatic carbocycles. The average Bonchev–Trinajstić information content (AvgIpc) is 2.18. The van der Waals surface area contributed by atoms with E-state index >= 15 is 0 Å². The van der Waals surface area contributed by atoms with Crippen molar-refractivity contribution in [3.63, 3.8) is 0 Å². The third-order valence-corrected chi connectivity index (χ3v) is 4.38. The molecule has 0 bridgehead atoms. The highest BCUT2D eigenvalue weighted by Crippen LogP contribution is 2.24. The van der Waals surface area contributed by atoms with Gasteiger partial charge in [0.2, 0.25) is 0 Å². The highest BCUT2D eigenvalue weighted by molar-refractivity contribution is 8.00. The summed E-state index contributed by atoms with van der Waals surface area (Å²) in [6.45, 7) is 12.1. The third-order valence-electron chi connectivity index (χ3n) is 3.04. The standard InChI is InChI=1S/C13H25NO2S/c1-10-11(2)17-9-8-14(10)7-6-12(15)16-13(3,4)5/h10-11H,6-9H2,1-5H3. The molecule has 1 heterocycles. The lowest BCUT2D eigenvalue weighted by Crippen LogP contribution is -2.45. The molecule has 17 heavy (non-hydrogen) atoms. The lowest BCUT2D eigenvalue weighted by molar-refractivity contribution is -0.155. The summed E-state index contributed by atoms with van der Waals surface area (Å²) in [6, 6.07) is 0.552. The van der Waals surface area contributed by atoms with Gasteiger partial charge in [0, 0.05) is 30.1 Å². The molecular weight excluding hydrogens is 234 g/mol. The fourth-order valence-electron chi connectivity index (χ4n) is 1.94. The second kappa shape index (κ2) is 6.10. The first-order valence-corrected chi connectivity index (χ1v) is 7.42. The molecule has 3 nitrogen and oxygen atoms in total. The van der Waals surface area contributed by atoms with Crippen molar-refractivity contribution in [3.05, 3.63) is 0 Å². The van der Waals surface area contributed by atoms with E-state index in [4.69, 9.17) is 4.74 Å². The zero-order valence-corrected chi connectivity index (χ0v) is 12.5. The van der Waals surface area contributed by atoms with Crippen LogP contribution in [0.1, 0.15) is 41.0 Å². The topological polar surface area (TPSA) is 29.5 Å². The van der Waals surface area contributed by atoms with Gasteiger partial charge >= 0.3 is 5.97 Å². The Morgan fingerprint density at radius 3 is 2.65 bits per heavy atom. The summed E-state index contributed by atoms with van der Waals surface area (Å²) in [6.07, 6.45) is 0.499. The Balaban J connectivity index is 2.32. The van der Waals surface area contributed by atoms with Gasteiger partial charge in [-0.05, 0) is 27.7 Å². The van der Waals surface area contributed by atoms with Gasteiger partial charge in [0.15, 0.2) is 0 Å². The summed E-state index contributed by atoms with van der Waals surface area (Å²) in [5.74, 6) is 1.08. The summed E-state index contributed by atoms with van der Waals surface area (Å²) in [7, 11) is 0. The zero-order chi connectivity index (χ0) is 13.1. The lowest BCUT2D eigenvalue weighted by atomic mass is 10.2. The first-order chi connectivity index (χ1) is 7.79. The zero-order valence-electron chi connectivity index (χ0n) is 11.7. The summed E-state index contributed by atoms with van der Waals surface area (Å²) < 4.78 is 5.32. The Kier molecular flexibility index (Phi) is 5.32. The molecule has 0 radical (unpaired) electrons. The van der Waals surface area contributed by atoms with Crippen molar-refractivity contribution in [2.45, 2.75) is 57.9 Å². The molecule has 2 unspecified atom stereocenters. The second-order valence-corrected chi connectivity index (χ2v) is 7.17. The average molecular weight is 259 g/mol. The van der Waals surface area contributed by atoms with Crippen LogP contribution in [-0.2, 0) is 9.53 Å². The van der Waals surface area contributed by atoms with Gasteiger partial charge in [-0.25, -0.2) is 0 Å². The van der Waals surface area contributed by atoms with Crippen molar-refractivity contribution in [2.75, 3.05) is 18.8 Å². The van der Waals surface area contributed by atoms with E-state index in [0.717, 1.165) is 13.1 Å². The van der Waals surface area contributed by atoms with Gasteiger partial charge in [0.1, 0.15) is 5.60 Å². The fourth-order valence-corrected chi connectivity index (χ4v) is 3.10. The van der Waals surface area contributed by atoms with Crippen molar-refractivity contribution in [1.82, 2.24) is 4.90 Å². The SMILES string of the molecule is CC1SCCN(CCC(=O)OC(C)(C)C)C1C. The summed E-state index contributed by atoms with van der Waals surface area (Å²) in [5, 5.41) is 0.655. The molecule has 4 heteroatoms. The molecule has 0 aliphatic carbocycles. The maximum absolute atomic E-state index is 11.6. The van der Waals surface area contributed by atoms with E-state index in [1.54, 1.807) is 0 Å². The van der Waals surface area contributed by atoms with Crippen LogP contribution in [0.2, 0.25) is 0 Å². The summed E-state index contributed by atoms with van der Waals surface area (Å²) >= 11 is 2.02. The van der Waals surface area contributed by atoms with Crippen LogP contribution in [0.4, 0.5) is 0 Å². The van der Waals surface area contributed by atoms with E-state index in [1.807, 2.05) is 32.5 Å². The molecule has 1 rings (SSSR count). The molecule has 0 spiro atoms. The van der Waals surface area contributed by atoms with Crippen LogP contribution < -0.4 is 0 Å². The smallest absolute Gasteiger partial charge is 0.307 e. The highest BCUT2D eigenvalue weighted by atomic mass is 32.2. The van der Waals surface area contributed by atoms with Crippen LogP contribution in [0.25, 0.3) is 0 Å². The van der Waals surface area contributed by atoms with E-state index in [0.29, 0.717) is 17.7 Å². The van der Waals surface area contributed by atoms with E-state index in [2.05, 4.69) is 18.7 Å². The molecule has 1 fully saturated rings. The van der Waals surface area contributed by atoms with Crippen molar-refractivity contribution in [2.24, 2.45) is 0 Å². The number of esters is 1. The predicted molar refractivity (Wildman–Crippen MR) is 73.4 cm³/mol. The van der Waals surface area contributed by atoms with Gasteiger partial charge < -0.3 is 4.74 Å². The van der Waals surface area contributed by atoms with Gasteiger partial charge in [0.25, 0.3) is 0 Å². The number of thioether (sulfide) groups is 1. The molecule has 0 aromatic heterocycles. The Morgan fingerprint density at radius 1 is 1.41 bits per heavy atom. The van der Waals surface area contributed by atoms with Gasteiger partial charge in [-0.2, -0.15) is 11.8 Å². The minimum Gasteiger partial charge on any atom is -0.460 e. The summed E-state index contributed by atoms with van der Waals surface area (Å²) in [5.41, 5.74) is -0.367. The molecule has 100 valence electrons. The number of rotatable bonds is 3. The Morgan fingerprint density at radius 2 is 2.06 bits per heavy atom. The van der Waals surface area contributed by atoms with Crippen LogP contribution in [-0.4, -0.2) is 46.6 Å². The van der Waals surface area contributed by atoms with E-state index in [-0.39, 0.29) is 11.6 Å². The molecule has 1 aliphatic heterocycles. The van der Waals surface area contributed by atoms with E-state index in [9.17, 15) is 4.79 Å². The Bertz CT molecular complexity index is 263. The number of nitrogens with zero attached hydrogens (tertiary/aromatic N) is 1. The maximum atomic E-state index is 11.6. The van der Waals surface area contributed by atoms with E-state index in [1.165, 1.54) is 5.75 Å². The van der Waals surface area contributed by atoms with Crippen molar-refractivity contribution >= 4 is 17.7 Å². The molecule has 0 aromatic rings. The van der Waals surface area contributed by atoms with E-state index < -0.39 is 0 Å². The van der Waals surface area contributed by atoms with Crippen molar-refractivity contribution < 1.29 is 9.53 Å². The van der Waals surface area contributed by atoms with Gasteiger partial charge in [-0.3, -0.25) is 9.69 Å². The second-order valence-electron chi connectivity index (χ2n) is 5.69. The number of hydrogen-bond acceptors (Lipinski definition) is 4. The van der Waals surface area contributed by atoms with Crippen LogP contribution >= 0.6 is 11.8 Å². The third kappa shape index (κ3) is 5.30. The molecule has 1 saturated heterocycles. The molecule has 2 atom stereocenters. The fraction of sp³-hybridized carbons (Fsp3) is 0.923. The van der Waals surface area contributed by atoms with Gasteiger partial charge in [-0.1, -0.05) is 6.92 Å². The molecule has 0 N–H and O–H groups in total. The minimum absolute atomic E-state index is 0.0874. The predicted octanol–water partition coefficient (Wildman–Crippen LogP) is 2.54. The van der Waals surface area contributed by atoms with Crippen molar-refractivity contribution in [1.29, 1.82) is 0 Å². The number of ether oxygens (including phenoxy) is 1. The molecule has 0 amide bonds. The lowest BCUT2D eigenvalue weighted by Gasteiger charge is -2.37. The number of hydrogen-bond donors (Lipinski definition) is 0. The normalized spacial score (nSPS) is 26.9. The van der Waals surface area contributed by atoms with Gasteiger partial charge in [-0.15, -0.1) is 0 Å². The van der Waals surface area contributed by atoms with Gasteiger partial charge in [0.05, 0.1) is 6.42 Å². The van der Waals surface area contributed by atoms with Crippen LogP contribution in [0.5, 0.6) is 0 Å². The molecule has 0 saturated carbocycles. The van der Waals surface area contributed by atoms with Crippen molar-refractivity contribution in [3.8, 4) is 0 Å². The maximum Gasteiger partial charge on any atom is 0.307 e. The van der Waals surface area contributed by atoms with Crippen LogP contribution in [0, 0.1) is 0 Å². The monoisotopic (exact) mass is 259 g/mol. The van der Waals surface area contributed by atoms with Crippen LogP contribution in [0.15, 0.2) is 0 Å². The quantitative estimate of drug-likeness (QED) is 0.729. The highest BCUT2D eigenvalue weighted by Gasteiger charge is 2.26. The van der Waals surface area contributed by atoms with Crippen LogP contribution in [0.3, 0.4) is 0 Å². The minimum atomic E-state index is -0.367. The molecule has 1 aliphatic rings. The number of carbonyl (C=O) groups excluding carboxylic acids is 1.